The van der Waals surface area contributed by atoms with Crippen molar-refractivity contribution in [1.29, 1.82) is 0 Å². The van der Waals surface area contributed by atoms with Crippen LogP contribution in [-0.2, 0) is 6.54 Å². The number of pyridine rings is 1. The number of amides is 1. The van der Waals surface area contributed by atoms with Gasteiger partial charge in [0.1, 0.15) is 0 Å². The molecule has 5 nitrogen and oxygen atoms in total. The summed E-state index contributed by atoms with van der Waals surface area (Å²) in [5.41, 5.74) is 0.585. The summed E-state index contributed by atoms with van der Waals surface area (Å²) in [7, 11) is 0. The van der Waals surface area contributed by atoms with Crippen molar-refractivity contribution in [2.45, 2.75) is 6.54 Å². The Morgan fingerprint density at radius 3 is 2.94 bits per heavy atom. The van der Waals surface area contributed by atoms with E-state index in [1.54, 1.807) is 30.5 Å². The van der Waals surface area contributed by atoms with E-state index in [9.17, 15) is 9.59 Å². The predicted octanol–water partition coefficient (Wildman–Crippen LogP) is 1.30. The number of carboxylic acid groups (broad SMARTS) is 1. The van der Waals surface area contributed by atoms with Crippen LogP contribution < -0.4 is 10.9 Å². The van der Waals surface area contributed by atoms with Crippen LogP contribution in [0, 0.1) is 0 Å². The van der Waals surface area contributed by atoms with Crippen molar-refractivity contribution in [2.24, 2.45) is 0 Å². The molecule has 0 fully saturated rings. The van der Waals surface area contributed by atoms with Crippen LogP contribution >= 0.6 is 0 Å². The van der Waals surface area contributed by atoms with Crippen LogP contribution in [0.4, 0.5) is 4.79 Å². The molecule has 0 bridgehead atoms. The number of hydrogen-bond acceptors (Lipinski definition) is 2. The first kappa shape index (κ1) is 10.2. The molecule has 0 aliphatic heterocycles. The van der Waals surface area contributed by atoms with Crippen molar-refractivity contribution in [3.8, 4) is 0 Å². The SMILES string of the molecule is O=C(O)NCc1ccc2cc[nH]c(=O)c2c1. The van der Waals surface area contributed by atoms with E-state index in [1.807, 2.05) is 0 Å². The lowest BCUT2D eigenvalue weighted by Gasteiger charge is -2.02. The van der Waals surface area contributed by atoms with Crippen LogP contribution in [0.15, 0.2) is 35.3 Å². The molecule has 3 N–H and O–H groups in total. The van der Waals surface area contributed by atoms with Gasteiger partial charge in [0.15, 0.2) is 0 Å². The van der Waals surface area contributed by atoms with Gasteiger partial charge in [0, 0.05) is 18.1 Å². The molecule has 2 aromatic rings. The minimum atomic E-state index is -1.08. The Morgan fingerprint density at radius 1 is 1.38 bits per heavy atom. The summed E-state index contributed by atoms with van der Waals surface area (Å²) in [6.07, 6.45) is 0.502. The molecule has 1 aromatic heterocycles. The molecule has 82 valence electrons. The molecule has 1 amide bonds. The zero-order valence-electron chi connectivity index (χ0n) is 8.36. The molecule has 0 atom stereocenters. The third-order valence-electron chi connectivity index (χ3n) is 2.28. The third kappa shape index (κ3) is 2.03. The lowest BCUT2D eigenvalue weighted by atomic mass is 10.1. The van der Waals surface area contributed by atoms with E-state index in [-0.39, 0.29) is 12.1 Å². The number of nitrogens with one attached hydrogen (secondary N) is 2. The maximum Gasteiger partial charge on any atom is 0.404 e. The van der Waals surface area contributed by atoms with Gasteiger partial charge in [-0.15, -0.1) is 0 Å². The molecule has 0 saturated carbocycles. The maximum absolute atomic E-state index is 11.5. The fraction of sp³-hybridized carbons (Fsp3) is 0.0909. The third-order valence-corrected chi connectivity index (χ3v) is 2.28. The van der Waals surface area contributed by atoms with Gasteiger partial charge in [-0.05, 0) is 23.1 Å². The molecule has 0 unspecified atom stereocenters. The van der Waals surface area contributed by atoms with Gasteiger partial charge in [-0.25, -0.2) is 4.79 Å². The van der Waals surface area contributed by atoms with Crippen molar-refractivity contribution in [3.05, 3.63) is 46.4 Å². The van der Waals surface area contributed by atoms with Crippen molar-refractivity contribution in [1.82, 2.24) is 10.3 Å². The fourth-order valence-corrected chi connectivity index (χ4v) is 1.52. The van der Waals surface area contributed by atoms with Crippen LogP contribution in [0.1, 0.15) is 5.56 Å². The van der Waals surface area contributed by atoms with E-state index in [0.717, 1.165) is 10.9 Å². The Kier molecular flexibility index (Phi) is 2.59. The van der Waals surface area contributed by atoms with Gasteiger partial charge in [-0.1, -0.05) is 12.1 Å². The number of hydrogen-bond donors (Lipinski definition) is 3. The van der Waals surface area contributed by atoms with Crippen molar-refractivity contribution in [3.63, 3.8) is 0 Å². The minimum absolute atomic E-state index is 0.172. The molecular formula is C11H10N2O3. The molecule has 0 saturated heterocycles. The van der Waals surface area contributed by atoms with Crippen molar-refractivity contribution >= 4 is 16.9 Å². The molecule has 0 spiro atoms. The first-order valence-corrected chi connectivity index (χ1v) is 4.74. The predicted molar refractivity (Wildman–Crippen MR) is 59.4 cm³/mol. The molecule has 0 aliphatic carbocycles. The summed E-state index contributed by atoms with van der Waals surface area (Å²) < 4.78 is 0. The van der Waals surface area contributed by atoms with Gasteiger partial charge < -0.3 is 15.4 Å². The largest absolute Gasteiger partial charge is 0.465 e. The first-order valence-electron chi connectivity index (χ1n) is 4.74. The number of fused-ring (bicyclic) bond motifs is 1. The summed E-state index contributed by atoms with van der Waals surface area (Å²) in [5, 5.41) is 12.1. The normalized spacial score (nSPS) is 10.2. The van der Waals surface area contributed by atoms with Gasteiger partial charge in [-0.3, -0.25) is 4.79 Å². The molecule has 0 radical (unpaired) electrons. The van der Waals surface area contributed by atoms with E-state index in [2.05, 4.69) is 10.3 Å². The fourth-order valence-electron chi connectivity index (χ4n) is 1.52. The molecular weight excluding hydrogens is 208 g/mol. The lowest BCUT2D eigenvalue weighted by Crippen LogP contribution is -2.20. The quantitative estimate of drug-likeness (QED) is 0.710. The standard InChI is InChI=1S/C11H10N2O3/c14-10-9-5-7(6-13-11(15)16)1-2-8(9)3-4-12-10/h1-5,13H,6H2,(H,12,14)(H,15,16). The molecule has 0 aliphatic rings. The van der Waals surface area contributed by atoms with Crippen LogP contribution in [-0.4, -0.2) is 16.2 Å². The summed E-state index contributed by atoms with van der Waals surface area (Å²) in [6.45, 7) is 0.194. The molecule has 5 heteroatoms. The Balaban J connectivity index is 2.39. The van der Waals surface area contributed by atoms with Crippen LogP contribution in [0.5, 0.6) is 0 Å². The number of rotatable bonds is 2. The Hall–Kier alpha value is -2.30. The topological polar surface area (TPSA) is 82.2 Å². The smallest absolute Gasteiger partial charge is 0.404 e. The Morgan fingerprint density at radius 2 is 2.19 bits per heavy atom. The average Bonchev–Trinajstić information content (AvgIpc) is 2.27. The lowest BCUT2D eigenvalue weighted by molar-refractivity contribution is 0.194. The van der Waals surface area contributed by atoms with E-state index in [0.29, 0.717) is 5.39 Å². The number of H-pyrrole nitrogens is 1. The number of carbonyl (C=O) groups is 1. The second kappa shape index (κ2) is 4.06. The van der Waals surface area contributed by atoms with E-state index >= 15 is 0 Å². The first-order chi connectivity index (χ1) is 7.66. The van der Waals surface area contributed by atoms with E-state index in [4.69, 9.17) is 5.11 Å². The zero-order valence-corrected chi connectivity index (χ0v) is 8.36. The van der Waals surface area contributed by atoms with Crippen LogP contribution in [0.3, 0.4) is 0 Å². The van der Waals surface area contributed by atoms with Crippen molar-refractivity contribution < 1.29 is 9.90 Å². The van der Waals surface area contributed by atoms with Gasteiger partial charge in [0.25, 0.3) is 5.56 Å². The van der Waals surface area contributed by atoms with Crippen LogP contribution in [0.25, 0.3) is 10.8 Å². The highest BCUT2D eigenvalue weighted by Gasteiger charge is 2.01. The second-order valence-corrected chi connectivity index (χ2v) is 3.39. The summed E-state index contributed by atoms with van der Waals surface area (Å²) in [6, 6.07) is 7.07. The second-order valence-electron chi connectivity index (χ2n) is 3.39. The monoisotopic (exact) mass is 218 g/mol. The molecule has 16 heavy (non-hydrogen) atoms. The Labute approximate surface area is 90.7 Å². The van der Waals surface area contributed by atoms with E-state index in [1.165, 1.54) is 0 Å². The molecule has 1 aromatic carbocycles. The number of aromatic amines is 1. The highest BCUT2D eigenvalue weighted by molar-refractivity contribution is 5.81. The van der Waals surface area contributed by atoms with Crippen LogP contribution in [0.2, 0.25) is 0 Å². The number of aromatic nitrogens is 1. The zero-order chi connectivity index (χ0) is 11.5. The molecule has 2 rings (SSSR count). The summed E-state index contributed by atoms with van der Waals surface area (Å²) in [4.78, 5) is 24.4. The highest BCUT2D eigenvalue weighted by atomic mass is 16.4. The van der Waals surface area contributed by atoms with Gasteiger partial charge >= 0.3 is 6.09 Å². The van der Waals surface area contributed by atoms with Gasteiger partial charge in [-0.2, -0.15) is 0 Å². The average molecular weight is 218 g/mol. The minimum Gasteiger partial charge on any atom is -0.465 e. The Bertz CT molecular complexity index is 589. The highest BCUT2D eigenvalue weighted by Crippen LogP contribution is 2.11. The summed E-state index contributed by atoms with van der Waals surface area (Å²) in [5.74, 6) is 0. The van der Waals surface area contributed by atoms with Gasteiger partial charge in [0.2, 0.25) is 0 Å². The molecule has 1 heterocycles. The van der Waals surface area contributed by atoms with E-state index < -0.39 is 6.09 Å². The maximum atomic E-state index is 11.5. The van der Waals surface area contributed by atoms with Crippen molar-refractivity contribution in [2.75, 3.05) is 0 Å². The number of benzene rings is 1. The van der Waals surface area contributed by atoms with Gasteiger partial charge in [0.05, 0.1) is 0 Å². The summed E-state index contributed by atoms with van der Waals surface area (Å²) >= 11 is 0.